The molecule has 0 saturated carbocycles. The van der Waals surface area contributed by atoms with Crippen molar-refractivity contribution >= 4 is 5.78 Å². The molecule has 0 spiro atoms. The van der Waals surface area contributed by atoms with Crippen molar-refractivity contribution in [1.82, 2.24) is 9.78 Å². The van der Waals surface area contributed by atoms with Crippen molar-refractivity contribution in [2.45, 2.75) is 58.8 Å². The molecule has 2 aliphatic rings. The molecule has 1 aromatic rings. The molecule has 0 saturated heterocycles. The Kier molecular flexibility index (Phi) is 3.34. The molecular weight excluding hydrogens is 286 g/mol. The summed E-state index contributed by atoms with van der Waals surface area (Å²) in [6, 6.07) is 0. The Morgan fingerprint density at radius 2 is 2.04 bits per heavy atom. The Balaban J connectivity index is 2.29. The molecule has 2 aliphatic carbocycles. The molecule has 4 nitrogen and oxygen atoms in total. The highest BCUT2D eigenvalue weighted by atomic mass is 16.1. The van der Waals surface area contributed by atoms with E-state index in [2.05, 4.69) is 25.6 Å². The number of rotatable bonds is 1. The maximum atomic E-state index is 12.7. The smallest absolute Gasteiger partial charge is 0.226 e. The highest BCUT2D eigenvalue weighted by molar-refractivity contribution is 6.02. The van der Waals surface area contributed by atoms with Crippen LogP contribution < -0.4 is 0 Å². The molecule has 1 heterocycles. The van der Waals surface area contributed by atoms with Crippen molar-refractivity contribution in [1.29, 1.82) is 0 Å². The lowest BCUT2D eigenvalue weighted by Crippen LogP contribution is -2.51. The number of carbonyl (C=O) groups excluding carboxylic acids is 1. The van der Waals surface area contributed by atoms with Gasteiger partial charge in [0.15, 0.2) is 5.78 Å². The van der Waals surface area contributed by atoms with Gasteiger partial charge in [-0.05, 0) is 30.2 Å². The van der Waals surface area contributed by atoms with Crippen LogP contribution in [0.1, 0.15) is 63.9 Å². The van der Waals surface area contributed by atoms with Gasteiger partial charge < -0.3 is 4.79 Å². The van der Waals surface area contributed by atoms with Crippen LogP contribution in [0.3, 0.4) is 0 Å². The second-order valence-electron chi connectivity index (χ2n) is 8.06. The average Bonchev–Trinajstić information content (AvgIpc) is 2.80. The Morgan fingerprint density at radius 1 is 1.39 bits per heavy atom. The summed E-state index contributed by atoms with van der Waals surface area (Å²) in [7, 11) is 2.00. The van der Waals surface area contributed by atoms with Crippen molar-refractivity contribution in [3.05, 3.63) is 40.1 Å². The first-order chi connectivity index (χ1) is 10.6. The third-order valence-corrected chi connectivity index (χ3v) is 5.90. The van der Waals surface area contributed by atoms with Gasteiger partial charge >= 0.3 is 0 Å². The van der Waals surface area contributed by atoms with Crippen molar-refractivity contribution in [2.24, 2.45) is 18.4 Å². The first-order valence-corrected chi connectivity index (χ1v) is 8.36. The number of hydrogen-bond donors (Lipinski definition) is 0. The van der Waals surface area contributed by atoms with E-state index in [-0.39, 0.29) is 22.8 Å². The number of carbonyl (C=O) groups is 1. The Bertz CT molecular complexity index is 760. The van der Waals surface area contributed by atoms with Crippen LogP contribution in [0.2, 0.25) is 0 Å². The maximum absolute atomic E-state index is 12.7. The van der Waals surface area contributed by atoms with Crippen LogP contribution in [0.15, 0.2) is 11.8 Å². The van der Waals surface area contributed by atoms with E-state index in [4.69, 9.17) is 11.7 Å². The lowest BCUT2D eigenvalue weighted by Gasteiger charge is -2.49. The quantitative estimate of drug-likeness (QED) is 0.741. The summed E-state index contributed by atoms with van der Waals surface area (Å²) in [6.07, 6.45) is 3.83. The van der Waals surface area contributed by atoms with Crippen LogP contribution in [0.5, 0.6) is 0 Å². The Labute approximate surface area is 138 Å². The molecule has 0 aromatic carbocycles. The van der Waals surface area contributed by atoms with Crippen LogP contribution in [0.4, 0.5) is 0 Å². The number of aryl methyl sites for hydroxylation is 1. The van der Waals surface area contributed by atoms with Crippen LogP contribution in [0, 0.1) is 17.9 Å². The fraction of sp³-hybridized carbons (Fsp3) is 0.632. The zero-order valence-corrected chi connectivity index (χ0v) is 14.9. The van der Waals surface area contributed by atoms with E-state index in [1.165, 1.54) is 11.3 Å². The number of hydrogen-bond acceptors (Lipinski definition) is 2. The lowest BCUT2D eigenvalue weighted by atomic mass is 9.53. The molecule has 0 radical (unpaired) electrons. The van der Waals surface area contributed by atoms with Gasteiger partial charge in [0.2, 0.25) is 5.70 Å². The van der Waals surface area contributed by atoms with Crippen molar-refractivity contribution in [3.8, 4) is 0 Å². The normalized spacial score (nSPS) is 28.9. The third-order valence-electron chi connectivity index (χ3n) is 5.90. The van der Waals surface area contributed by atoms with E-state index >= 15 is 0 Å². The molecule has 0 N–H and O–H groups in total. The highest BCUT2D eigenvalue weighted by Crippen LogP contribution is 2.55. The van der Waals surface area contributed by atoms with Gasteiger partial charge in [0.1, 0.15) is 0 Å². The second-order valence-corrected chi connectivity index (χ2v) is 8.06. The van der Waals surface area contributed by atoms with Crippen LogP contribution >= 0.6 is 0 Å². The van der Waals surface area contributed by atoms with E-state index < -0.39 is 5.41 Å². The van der Waals surface area contributed by atoms with Crippen LogP contribution in [-0.4, -0.2) is 15.6 Å². The van der Waals surface area contributed by atoms with Gasteiger partial charge in [0.05, 0.1) is 12.3 Å². The van der Waals surface area contributed by atoms with Gasteiger partial charge in [-0.15, -0.1) is 0 Å². The highest BCUT2D eigenvalue weighted by Gasteiger charge is 2.55. The van der Waals surface area contributed by atoms with Crippen LogP contribution in [-0.2, 0) is 23.7 Å². The summed E-state index contributed by atoms with van der Waals surface area (Å²) in [6.45, 7) is 17.9. The predicted molar refractivity (Wildman–Crippen MR) is 89.9 cm³/mol. The number of nitrogens with zero attached hydrogens (tertiary/aromatic N) is 3. The fourth-order valence-corrected chi connectivity index (χ4v) is 4.94. The molecule has 3 rings (SSSR count). The molecule has 23 heavy (non-hydrogen) atoms. The molecule has 0 unspecified atom stereocenters. The zero-order chi connectivity index (χ0) is 17.2. The Morgan fingerprint density at radius 3 is 2.61 bits per heavy atom. The molecule has 0 bridgehead atoms. The minimum atomic E-state index is -0.517. The van der Waals surface area contributed by atoms with E-state index in [1.54, 1.807) is 0 Å². The SMILES string of the molecule is [C-]#[N+]C1=C[C@]2(C)c3nn(C)c(C(C)C)c3CC[C@H]2C(C)(C)C1=O. The zero-order valence-electron chi connectivity index (χ0n) is 14.9. The van der Waals surface area contributed by atoms with Gasteiger partial charge in [-0.1, -0.05) is 40.7 Å². The number of fused-ring (bicyclic) bond motifs is 3. The monoisotopic (exact) mass is 311 g/mol. The van der Waals surface area contributed by atoms with Crippen molar-refractivity contribution in [2.75, 3.05) is 0 Å². The predicted octanol–water partition coefficient (Wildman–Crippen LogP) is 3.78. The summed E-state index contributed by atoms with van der Waals surface area (Å²) >= 11 is 0. The topological polar surface area (TPSA) is 39.2 Å². The minimum absolute atomic E-state index is 0.0153. The van der Waals surface area contributed by atoms with Crippen LogP contribution in [0.25, 0.3) is 4.85 Å². The second kappa shape index (κ2) is 4.80. The molecule has 4 heteroatoms. The molecule has 0 fully saturated rings. The van der Waals surface area contributed by atoms with Gasteiger partial charge in [-0.3, -0.25) is 4.68 Å². The molecule has 0 amide bonds. The third kappa shape index (κ3) is 1.95. The standard InChI is InChI=1S/C19H25N3O/c1-11(2)15-12-8-9-14-18(3,4)17(23)13(20-6)10-19(14,5)16(12)21-22(15)7/h10-11,14H,8-9H2,1-5,7H3/t14-,19-/m0/s1. The molecule has 2 atom stereocenters. The summed E-state index contributed by atoms with van der Waals surface area (Å²) in [4.78, 5) is 16.2. The summed E-state index contributed by atoms with van der Waals surface area (Å²) < 4.78 is 2.00. The minimum Gasteiger partial charge on any atom is -0.307 e. The van der Waals surface area contributed by atoms with Gasteiger partial charge in [-0.25, -0.2) is 4.85 Å². The lowest BCUT2D eigenvalue weighted by molar-refractivity contribution is -0.128. The molecule has 1 aromatic heterocycles. The van der Waals surface area contributed by atoms with Gasteiger partial charge in [0.25, 0.3) is 0 Å². The first-order valence-electron chi connectivity index (χ1n) is 8.36. The fourth-order valence-electron chi connectivity index (χ4n) is 4.94. The molecule has 0 aliphatic heterocycles. The van der Waals surface area contributed by atoms with Gasteiger partial charge in [-0.2, -0.15) is 5.10 Å². The molecule has 122 valence electrons. The number of Topliss-reactive ketones (excluding diaryl/α,β-unsaturated/α-hetero) is 1. The summed E-state index contributed by atoms with van der Waals surface area (Å²) in [5.41, 5.74) is 3.10. The van der Waals surface area contributed by atoms with E-state index in [0.717, 1.165) is 18.5 Å². The summed E-state index contributed by atoms with van der Waals surface area (Å²) in [5, 5.41) is 4.85. The summed E-state index contributed by atoms with van der Waals surface area (Å²) in [5.74, 6) is 0.591. The van der Waals surface area contributed by atoms with E-state index in [1.807, 2.05) is 31.7 Å². The number of allylic oxidation sites excluding steroid dienone is 2. The molecular formula is C19H25N3O. The first kappa shape index (κ1) is 16.0. The van der Waals surface area contributed by atoms with E-state index in [9.17, 15) is 4.79 Å². The average molecular weight is 311 g/mol. The van der Waals surface area contributed by atoms with Gasteiger partial charge in [0, 0.05) is 23.6 Å². The van der Waals surface area contributed by atoms with Crippen molar-refractivity contribution < 1.29 is 4.79 Å². The van der Waals surface area contributed by atoms with E-state index in [0.29, 0.717) is 5.92 Å². The number of ketones is 1. The maximum Gasteiger partial charge on any atom is 0.226 e. The largest absolute Gasteiger partial charge is 0.307 e. The van der Waals surface area contributed by atoms with Crippen molar-refractivity contribution in [3.63, 3.8) is 0 Å². The number of aromatic nitrogens is 2. The Hall–Kier alpha value is -1.89.